The summed E-state index contributed by atoms with van der Waals surface area (Å²) in [5.74, 6) is 0. The Morgan fingerprint density at radius 2 is 2.05 bits per heavy atom. The van der Waals surface area contributed by atoms with Crippen LogP contribution in [-0.4, -0.2) is 18.9 Å². The van der Waals surface area contributed by atoms with E-state index in [2.05, 4.69) is 20.7 Å². The average molecular weight is 397 g/mol. The maximum absolute atomic E-state index is 12.6. The van der Waals surface area contributed by atoms with E-state index >= 15 is 0 Å². The lowest BCUT2D eigenvalue weighted by atomic mass is 9.82. The lowest BCUT2D eigenvalue weighted by molar-refractivity contribution is 0.353. The Morgan fingerprint density at radius 1 is 1.45 bits per heavy atom. The Balaban J connectivity index is 2.35. The molecule has 8 heteroatoms. The highest BCUT2D eigenvalue weighted by atomic mass is 79.9. The standard InChI is InChI=1S/C12H17BrN2O2S3/c1-8-9(7-10(13)19-8)20(16,17)15-12(11(14)18)5-3-2-4-6-12/h7,15H,2-6H2,1H3,(H2,14,18). The fourth-order valence-electron chi connectivity index (χ4n) is 2.56. The van der Waals surface area contributed by atoms with Gasteiger partial charge in [-0.05, 0) is 41.8 Å². The summed E-state index contributed by atoms with van der Waals surface area (Å²) in [5, 5.41) is 0. The lowest BCUT2D eigenvalue weighted by Gasteiger charge is -2.36. The number of thiocarbonyl (C=S) groups is 1. The van der Waals surface area contributed by atoms with Gasteiger partial charge in [-0.1, -0.05) is 31.5 Å². The Morgan fingerprint density at radius 3 is 2.50 bits per heavy atom. The van der Waals surface area contributed by atoms with Crippen LogP contribution in [0.3, 0.4) is 0 Å². The van der Waals surface area contributed by atoms with Gasteiger partial charge in [0.1, 0.15) is 0 Å². The van der Waals surface area contributed by atoms with Crippen molar-refractivity contribution < 1.29 is 8.42 Å². The second kappa shape index (κ2) is 6.00. The highest BCUT2D eigenvalue weighted by Crippen LogP contribution is 2.33. The number of nitrogens with two attached hydrogens (primary N) is 1. The number of sulfonamides is 1. The Kier molecular flexibility index (Phi) is 4.91. The highest BCUT2D eigenvalue weighted by Gasteiger charge is 2.39. The van der Waals surface area contributed by atoms with Gasteiger partial charge < -0.3 is 5.73 Å². The number of rotatable bonds is 4. The molecule has 0 aromatic carbocycles. The smallest absolute Gasteiger partial charge is 0.242 e. The Labute approximate surface area is 137 Å². The zero-order chi connectivity index (χ0) is 15.0. The molecule has 0 aliphatic heterocycles. The normalized spacial score (nSPS) is 18.9. The first-order chi connectivity index (χ1) is 9.27. The molecule has 1 heterocycles. The van der Waals surface area contributed by atoms with Crippen molar-refractivity contribution in [1.29, 1.82) is 0 Å². The second-order valence-corrected chi connectivity index (χ2v) is 9.81. The molecule has 4 nitrogen and oxygen atoms in total. The van der Waals surface area contributed by atoms with Crippen LogP contribution in [-0.2, 0) is 10.0 Å². The van der Waals surface area contributed by atoms with Crippen LogP contribution in [0.2, 0.25) is 0 Å². The molecule has 0 unspecified atom stereocenters. The van der Waals surface area contributed by atoms with Crippen molar-refractivity contribution >= 4 is 54.5 Å². The summed E-state index contributed by atoms with van der Waals surface area (Å²) in [5.41, 5.74) is 5.06. The molecule has 0 spiro atoms. The summed E-state index contributed by atoms with van der Waals surface area (Å²) in [4.78, 5) is 1.29. The van der Waals surface area contributed by atoms with E-state index in [1.54, 1.807) is 13.0 Å². The van der Waals surface area contributed by atoms with Gasteiger partial charge in [0, 0.05) is 4.88 Å². The molecule has 1 aromatic rings. The van der Waals surface area contributed by atoms with Gasteiger partial charge in [0.05, 0.1) is 19.2 Å². The second-order valence-electron chi connectivity index (χ2n) is 5.08. The largest absolute Gasteiger partial charge is 0.392 e. The van der Waals surface area contributed by atoms with E-state index < -0.39 is 15.6 Å². The number of hydrogen-bond donors (Lipinski definition) is 2. The van der Waals surface area contributed by atoms with Crippen LogP contribution in [0.25, 0.3) is 0 Å². The fraction of sp³-hybridized carbons (Fsp3) is 0.583. The molecular formula is C12H17BrN2O2S3. The Bertz CT molecular complexity index is 619. The van der Waals surface area contributed by atoms with Crippen molar-refractivity contribution in [2.24, 2.45) is 5.73 Å². The number of thiophene rings is 1. The molecule has 112 valence electrons. The predicted molar refractivity (Wildman–Crippen MR) is 89.7 cm³/mol. The van der Waals surface area contributed by atoms with Crippen LogP contribution < -0.4 is 10.5 Å². The van der Waals surface area contributed by atoms with E-state index in [4.69, 9.17) is 18.0 Å². The summed E-state index contributed by atoms with van der Waals surface area (Å²) in [6.07, 6.45) is 4.31. The first-order valence-corrected chi connectivity index (χ1v) is 9.87. The van der Waals surface area contributed by atoms with Gasteiger partial charge in [0.2, 0.25) is 10.0 Å². The summed E-state index contributed by atoms with van der Waals surface area (Å²) in [7, 11) is -3.61. The third-order valence-corrected chi connectivity index (χ3v) is 7.38. The third kappa shape index (κ3) is 3.24. The minimum Gasteiger partial charge on any atom is -0.392 e. The quantitative estimate of drug-likeness (QED) is 0.766. The van der Waals surface area contributed by atoms with Gasteiger partial charge in [-0.2, -0.15) is 4.72 Å². The van der Waals surface area contributed by atoms with Crippen LogP contribution in [0.15, 0.2) is 14.7 Å². The van der Waals surface area contributed by atoms with E-state index in [1.807, 2.05) is 0 Å². The number of aryl methyl sites for hydroxylation is 1. The van der Waals surface area contributed by atoms with E-state index in [9.17, 15) is 8.42 Å². The van der Waals surface area contributed by atoms with Crippen molar-refractivity contribution in [2.75, 3.05) is 0 Å². The van der Waals surface area contributed by atoms with Crippen LogP contribution in [0.5, 0.6) is 0 Å². The van der Waals surface area contributed by atoms with Crippen molar-refractivity contribution in [1.82, 2.24) is 4.72 Å². The van der Waals surface area contributed by atoms with Gasteiger partial charge in [-0.25, -0.2) is 8.42 Å². The summed E-state index contributed by atoms with van der Waals surface area (Å²) in [6.45, 7) is 1.79. The molecular weight excluding hydrogens is 380 g/mol. The third-order valence-electron chi connectivity index (χ3n) is 3.64. The molecule has 0 saturated heterocycles. The first-order valence-electron chi connectivity index (χ1n) is 6.37. The molecule has 0 amide bonds. The highest BCUT2D eigenvalue weighted by molar-refractivity contribution is 9.11. The zero-order valence-electron chi connectivity index (χ0n) is 11.1. The van der Waals surface area contributed by atoms with Gasteiger partial charge in [-0.3, -0.25) is 0 Å². The maximum atomic E-state index is 12.6. The molecule has 1 saturated carbocycles. The Hall–Kier alpha value is -0.0200. The van der Waals surface area contributed by atoms with Crippen LogP contribution in [0, 0.1) is 6.92 Å². The minimum atomic E-state index is -3.61. The monoisotopic (exact) mass is 396 g/mol. The first kappa shape index (κ1) is 16.4. The molecule has 0 atom stereocenters. The van der Waals surface area contributed by atoms with Crippen molar-refractivity contribution in [3.63, 3.8) is 0 Å². The van der Waals surface area contributed by atoms with E-state index in [0.29, 0.717) is 17.7 Å². The molecule has 1 aliphatic rings. The van der Waals surface area contributed by atoms with Crippen molar-refractivity contribution in [3.8, 4) is 0 Å². The van der Waals surface area contributed by atoms with Gasteiger partial charge in [-0.15, -0.1) is 11.3 Å². The number of nitrogens with one attached hydrogen (secondary N) is 1. The van der Waals surface area contributed by atoms with Crippen molar-refractivity contribution in [2.45, 2.75) is 49.5 Å². The van der Waals surface area contributed by atoms with Gasteiger partial charge in [0.25, 0.3) is 0 Å². The topological polar surface area (TPSA) is 72.2 Å². The molecule has 3 N–H and O–H groups in total. The van der Waals surface area contributed by atoms with E-state index in [-0.39, 0.29) is 4.99 Å². The zero-order valence-corrected chi connectivity index (χ0v) is 15.1. The molecule has 1 aliphatic carbocycles. The van der Waals surface area contributed by atoms with Gasteiger partial charge in [0.15, 0.2) is 0 Å². The minimum absolute atomic E-state index is 0.243. The van der Waals surface area contributed by atoms with Crippen molar-refractivity contribution in [3.05, 3.63) is 14.7 Å². The maximum Gasteiger partial charge on any atom is 0.242 e. The molecule has 0 bridgehead atoms. The molecule has 0 radical (unpaired) electrons. The molecule has 2 rings (SSSR count). The van der Waals surface area contributed by atoms with Gasteiger partial charge >= 0.3 is 0 Å². The predicted octanol–water partition coefficient (Wildman–Crippen LogP) is 3.09. The molecule has 1 aromatic heterocycles. The SMILES string of the molecule is Cc1sc(Br)cc1S(=O)(=O)NC1(C(N)=S)CCCCC1. The van der Waals surface area contributed by atoms with Crippen LogP contribution >= 0.6 is 39.5 Å². The molecule has 1 fully saturated rings. The van der Waals surface area contributed by atoms with Crippen LogP contribution in [0.4, 0.5) is 0 Å². The summed E-state index contributed by atoms with van der Waals surface area (Å²) in [6, 6.07) is 1.62. The number of hydrogen-bond acceptors (Lipinski definition) is 4. The van der Waals surface area contributed by atoms with E-state index in [0.717, 1.165) is 27.9 Å². The average Bonchev–Trinajstić information content (AvgIpc) is 2.70. The van der Waals surface area contributed by atoms with Crippen LogP contribution in [0.1, 0.15) is 37.0 Å². The number of halogens is 1. The molecule has 20 heavy (non-hydrogen) atoms. The summed E-state index contributed by atoms with van der Waals surface area (Å²) < 4.78 is 28.8. The summed E-state index contributed by atoms with van der Waals surface area (Å²) >= 11 is 9.85. The van der Waals surface area contributed by atoms with E-state index in [1.165, 1.54) is 11.3 Å². The lowest BCUT2D eigenvalue weighted by Crippen LogP contribution is -2.57. The fourth-order valence-corrected chi connectivity index (χ4v) is 6.74.